The summed E-state index contributed by atoms with van der Waals surface area (Å²) in [5.41, 5.74) is 3.44. The van der Waals surface area contributed by atoms with Crippen LogP contribution in [-0.4, -0.2) is 10.7 Å². The van der Waals surface area contributed by atoms with Gasteiger partial charge in [0.2, 0.25) is 6.23 Å². The van der Waals surface area contributed by atoms with Gasteiger partial charge in [0.1, 0.15) is 11.6 Å². The summed E-state index contributed by atoms with van der Waals surface area (Å²) in [4.78, 5) is 0. The molecule has 0 fully saturated rings. The van der Waals surface area contributed by atoms with Crippen LogP contribution in [0.15, 0.2) is 65.8 Å². The topological polar surface area (TPSA) is 24.8 Å². The molecule has 146 valence electrons. The minimum atomic E-state index is -0.517. The van der Waals surface area contributed by atoms with Gasteiger partial charge in [-0.2, -0.15) is 5.10 Å². The fourth-order valence-corrected chi connectivity index (χ4v) is 4.46. The monoisotopic (exact) mass is 446 g/mol. The summed E-state index contributed by atoms with van der Waals surface area (Å²) in [5, 5.41) is 8.41. The molecule has 0 aromatic heterocycles. The molecule has 0 unspecified atom stereocenters. The fourth-order valence-electron chi connectivity index (χ4n) is 3.78. The maximum absolute atomic E-state index is 13.4. The van der Waals surface area contributed by atoms with Crippen molar-refractivity contribution in [1.29, 1.82) is 0 Å². The third-order valence-corrected chi connectivity index (χ3v) is 5.96. The Kier molecular flexibility index (Phi) is 4.66. The van der Waals surface area contributed by atoms with Gasteiger partial charge in [0.05, 0.1) is 16.8 Å². The van der Waals surface area contributed by atoms with E-state index in [0.29, 0.717) is 21.5 Å². The van der Waals surface area contributed by atoms with Crippen LogP contribution in [0.4, 0.5) is 4.39 Å². The number of halogens is 4. The van der Waals surface area contributed by atoms with Crippen LogP contribution < -0.4 is 4.74 Å². The molecule has 2 aliphatic heterocycles. The molecule has 2 aliphatic rings. The molecule has 0 saturated carbocycles. The number of ether oxygens (including phenoxy) is 1. The summed E-state index contributed by atoms with van der Waals surface area (Å²) < 4.78 is 19.6. The largest absolute Gasteiger partial charge is 0.464 e. The molecule has 3 aromatic rings. The normalized spacial score (nSPS) is 20.0. The molecule has 0 amide bonds. The Bertz CT molecular complexity index is 1130. The molecule has 0 bridgehead atoms. The molecule has 3 aromatic carbocycles. The van der Waals surface area contributed by atoms with Crippen molar-refractivity contribution < 1.29 is 9.13 Å². The van der Waals surface area contributed by atoms with Gasteiger partial charge in [-0.05, 0) is 48.0 Å². The molecule has 0 N–H and O–H groups in total. The lowest BCUT2D eigenvalue weighted by atomic mass is 9.96. The number of fused-ring (bicyclic) bond motifs is 3. The zero-order valence-electron chi connectivity index (χ0n) is 14.9. The minimum absolute atomic E-state index is 0.0748. The first-order valence-corrected chi connectivity index (χ1v) is 10.2. The second kappa shape index (κ2) is 7.21. The smallest absolute Gasteiger partial charge is 0.215 e. The first kappa shape index (κ1) is 18.7. The van der Waals surface area contributed by atoms with E-state index in [0.717, 1.165) is 28.2 Å². The third kappa shape index (κ3) is 3.35. The van der Waals surface area contributed by atoms with Gasteiger partial charge in [0.15, 0.2) is 0 Å². The van der Waals surface area contributed by atoms with E-state index < -0.39 is 6.23 Å². The van der Waals surface area contributed by atoms with E-state index >= 15 is 0 Å². The third-order valence-electron chi connectivity index (χ3n) is 5.16. The first-order chi connectivity index (χ1) is 14.0. The van der Waals surface area contributed by atoms with Gasteiger partial charge in [0, 0.05) is 27.6 Å². The molecule has 2 atom stereocenters. The number of hydrogen-bond donors (Lipinski definition) is 0. The maximum Gasteiger partial charge on any atom is 0.215 e. The van der Waals surface area contributed by atoms with Crippen molar-refractivity contribution in [3.63, 3.8) is 0 Å². The summed E-state index contributed by atoms with van der Waals surface area (Å²) in [5.74, 6) is 0.457. The Labute approximate surface area is 182 Å². The molecule has 0 spiro atoms. The summed E-state index contributed by atoms with van der Waals surface area (Å²) in [7, 11) is 0. The molecule has 5 rings (SSSR count). The lowest BCUT2D eigenvalue weighted by molar-refractivity contribution is -0.0189. The van der Waals surface area contributed by atoms with Crippen molar-refractivity contribution in [3.05, 3.63) is 98.2 Å². The van der Waals surface area contributed by atoms with E-state index in [2.05, 4.69) is 0 Å². The van der Waals surface area contributed by atoms with Crippen LogP contribution in [0.5, 0.6) is 5.75 Å². The predicted molar refractivity (Wildman–Crippen MR) is 113 cm³/mol. The molecular weight excluding hydrogens is 434 g/mol. The molecule has 7 heteroatoms. The highest BCUT2D eigenvalue weighted by molar-refractivity contribution is 6.35. The lowest BCUT2D eigenvalue weighted by Crippen LogP contribution is -2.33. The molecule has 0 saturated heterocycles. The predicted octanol–water partition coefficient (Wildman–Crippen LogP) is 7.03. The minimum Gasteiger partial charge on any atom is -0.464 e. The SMILES string of the molecule is Fc1ccc(C2=NN3[C@H](C2)c2cc(Cl)ccc2O[C@H]3c2ccc(Cl)cc2Cl)cc1. The molecule has 29 heavy (non-hydrogen) atoms. The highest BCUT2D eigenvalue weighted by atomic mass is 35.5. The average molecular weight is 448 g/mol. The summed E-state index contributed by atoms with van der Waals surface area (Å²) in [6.45, 7) is 0. The van der Waals surface area contributed by atoms with Gasteiger partial charge >= 0.3 is 0 Å². The Morgan fingerprint density at radius 3 is 2.38 bits per heavy atom. The summed E-state index contributed by atoms with van der Waals surface area (Å²) in [6.07, 6.45) is 0.126. The highest BCUT2D eigenvalue weighted by Crippen LogP contribution is 2.49. The number of rotatable bonds is 2. The zero-order chi connectivity index (χ0) is 20.1. The Hall–Kier alpha value is -2.27. The van der Waals surface area contributed by atoms with Gasteiger partial charge in [-0.25, -0.2) is 9.40 Å². The van der Waals surface area contributed by atoms with Crippen LogP contribution in [0.3, 0.4) is 0 Å². The fraction of sp³-hybridized carbons (Fsp3) is 0.136. The van der Waals surface area contributed by atoms with Crippen molar-refractivity contribution >= 4 is 40.5 Å². The van der Waals surface area contributed by atoms with Crippen LogP contribution >= 0.6 is 34.8 Å². The van der Waals surface area contributed by atoms with Crippen molar-refractivity contribution in [1.82, 2.24) is 5.01 Å². The zero-order valence-corrected chi connectivity index (χ0v) is 17.2. The second-order valence-corrected chi connectivity index (χ2v) is 8.25. The Morgan fingerprint density at radius 2 is 1.62 bits per heavy atom. The van der Waals surface area contributed by atoms with Crippen molar-refractivity contribution in [3.8, 4) is 5.75 Å². The Balaban J connectivity index is 1.62. The van der Waals surface area contributed by atoms with Crippen LogP contribution in [0.2, 0.25) is 15.1 Å². The molecule has 0 aliphatic carbocycles. The molecular formula is C22H14Cl3FN2O. The van der Waals surface area contributed by atoms with E-state index in [1.165, 1.54) is 12.1 Å². The van der Waals surface area contributed by atoms with Crippen molar-refractivity contribution in [2.45, 2.75) is 18.7 Å². The van der Waals surface area contributed by atoms with Gasteiger partial charge in [-0.3, -0.25) is 0 Å². The Morgan fingerprint density at radius 1 is 0.897 bits per heavy atom. The average Bonchev–Trinajstić information content (AvgIpc) is 3.14. The lowest BCUT2D eigenvalue weighted by Gasteiger charge is -2.38. The second-order valence-electron chi connectivity index (χ2n) is 6.97. The van der Waals surface area contributed by atoms with Crippen LogP contribution in [0.1, 0.15) is 35.4 Å². The molecule has 0 radical (unpaired) electrons. The van der Waals surface area contributed by atoms with Crippen LogP contribution in [-0.2, 0) is 0 Å². The number of hydrazone groups is 1. The standard InChI is InChI=1S/C22H14Cl3FN2O/c23-13-4-8-21-17(9-13)20-11-19(12-1-5-15(26)6-2-12)27-28(20)22(29-21)16-7-3-14(24)10-18(16)25/h1-10,20,22H,11H2/t20-,22+/m1/s1. The molecule has 3 nitrogen and oxygen atoms in total. The number of nitrogens with zero attached hydrogens (tertiary/aromatic N) is 2. The molecule has 2 heterocycles. The van der Waals surface area contributed by atoms with Crippen LogP contribution in [0, 0.1) is 5.82 Å². The number of benzene rings is 3. The summed E-state index contributed by atoms with van der Waals surface area (Å²) in [6, 6.07) is 17.1. The van der Waals surface area contributed by atoms with E-state index in [4.69, 9.17) is 44.6 Å². The quantitative estimate of drug-likeness (QED) is 0.421. The van der Waals surface area contributed by atoms with E-state index in [1.54, 1.807) is 30.3 Å². The maximum atomic E-state index is 13.4. The van der Waals surface area contributed by atoms with Gasteiger partial charge in [0.25, 0.3) is 0 Å². The van der Waals surface area contributed by atoms with E-state index in [-0.39, 0.29) is 11.9 Å². The van der Waals surface area contributed by atoms with Gasteiger partial charge < -0.3 is 4.74 Å². The summed E-state index contributed by atoms with van der Waals surface area (Å²) >= 11 is 18.8. The van der Waals surface area contributed by atoms with Crippen LogP contribution in [0.25, 0.3) is 0 Å². The first-order valence-electron chi connectivity index (χ1n) is 9.02. The van der Waals surface area contributed by atoms with Crippen molar-refractivity contribution in [2.75, 3.05) is 0 Å². The highest BCUT2D eigenvalue weighted by Gasteiger charge is 2.41. The van der Waals surface area contributed by atoms with E-state index in [9.17, 15) is 4.39 Å². The van der Waals surface area contributed by atoms with Gasteiger partial charge in [-0.1, -0.05) is 53.0 Å². The van der Waals surface area contributed by atoms with Gasteiger partial charge in [-0.15, -0.1) is 0 Å². The van der Waals surface area contributed by atoms with E-state index in [1.807, 2.05) is 23.2 Å². The number of hydrogen-bond acceptors (Lipinski definition) is 3. The van der Waals surface area contributed by atoms with Crippen molar-refractivity contribution in [2.24, 2.45) is 5.10 Å².